The van der Waals surface area contributed by atoms with Crippen molar-refractivity contribution in [2.75, 3.05) is 48.0 Å². The molecule has 7 heterocycles. The molecular formula is C38H33N7O3S. The van der Waals surface area contributed by atoms with Crippen LogP contribution in [0.1, 0.15) is 39.1 Å². The average Bonchev–Trinajstić information content (AvgIpc) is 3.73. The van der Waals surface area contributed by atoms with E-state index in [1.807, 2.05) is 41.3 Å². The summed E-state index contributed by atoms with van der Waals surface area (Å²) in [6.07, 6.45) is 8.05. The van der Waals surface area contributed by atoms with Crippen molar-refractivity contribution in [3.63, 3.8) is 0 Å². The zero-order valence-electron chi connectivity index (χ0n) is 26.7. The van der Waals surface area contributed by atoms with Crippen LogP contribution in [-0.4, -0.2) is 64.6 Å². The Labute approximate surface area is 286 Å². The van der Waals surface area contributed by atoms with Crippen LogP contribution in [0.3, 0.4) is 0 Å². The number of hydrogen-bond acceptors (Lipinski definition) is 8. The number of fused-ring (bicyclic) bond motifs is 4. The van der Waals surface area contributed by atoms with Crippen molar-refractivity contribution in [2.45, 2.75) is 19.3 Å². The van der Waals surface area contributed by atoms with Crippen LogP contribution in [0.4, 0.5) is 17.2 Å². The van der Waals surface area contributed by atoms with Crippen LogP contribution >= 0.6 is 11.3 Å². The van der Waals surface area contributed by atoms with E-state index in [2.05, 4.69) is 31.2 Å². The second kappa shape index (κ2) is 11.9. The van der Waals surface area contributed by atoms with Gasteiger partial charge in [-0.05, 0) is 85.5 Å². The number of rotatable bonds is 5. The molecule has 6 aromatic rings. The number of aromatic amines is 1. The van der Waals surface area contributed by atoms with Crippen molar-refractivity contribution in [2.24, 2.45) is 5.41 Å². The molecule has 2 fully saturated rings. The Balaban J connectivity index is 0.920. The zero-order valence-corrected chi connectivity index (χ0v) is 27.5. The summed E-state index contributed by atoms with van der Waals surface area (Å²) in [7, 11) is 0. The third-order valence-corrected chi connectivity index (χ3v) is 11.2. The van der Waals surface area contributed by atoms with Crippen LogP contribution in [0.5, 0.6) is 0 Å². The number of nitrogens with zero attached hydrogens (tertiary/aromatic N) is 5. The van der Waals surface area contributed by atoms with Crippen molar-refractivity contribution in [3.05, 3.63) is 108 Å². The number of anilines is 3. The average molecular weight is 668 g/mol. The van der Waals surface area contributed by atoms with E-state index in [1.165, 1.54) is 5.56 Å². The number of carbonyl (C=O) groups is 2. The topological polar surface area (TPSA) is 116 Å². The maximum Gasteiger partial charge on any atom is 0.259 e. The molecular weight excluding hydrogens is 635 g/mol. The molecule has 11 heteroatoms. The van der Waals surface area contributed by atoms with E-state index in [-0.39, 0.29) is 17.2 Å². The van der Waals surface area contributed by atoms with Crippen LogP contribution in [0.25, 0.3) is 32.2 Å². The lowest BCUT2D eigenvalue weighted by Crippen LogP contribution is -2.59. The summed E-state index contributed by atoms with van der Waals surface area (Å²) in [4.78, 5) is 50.8. The maximum absolute atomic E-state index is 14.0. The number of amides is 2. The molecule has 2 saturated heterocycles. The Morgan fingerprint density at radius 3 is 2.63 bits per heavy atom. The zero-order chi connectivity index (χ0) is 33.0. The fourth-order valence-electron chi connectivity index (χ4n) is 7.30. The highest BCUT2D eigenvalue weighted by molar-refractivity contribution is 7.19. The van der Waals surface area contributed by atoms with E-state index in [9.17, 15) is 9.59 Å². The Morgan fingerprint density at radius 1 is 0.959 bits per heavy atom. The first-order valence-corrected chi connectivity index (χ1v) is 17.4. The van der Waals surface area contributed by atoms with Gasteiger partial charge >= 0.3 is 0 Å². The number of H-pyrrole nitrogens is 1. The van der Waals surface area contributed by atoms with Gasteiger partial charge in [0.1, 0.15) is 11.6 Å². The van der Waals surface area contributed by atoms with Crippen molar-refractivity contribution < 1.29 is 14.3 Å². The van der Waals surface area contributed by atoms with E-state index < -0.39 is 0 Å². The van der Waals surface area contributed by atoms with Crippen molar-refractivity contribution >= 4 is 51.4 Å². The first-order valence-electron chi connectivity index (χ1n) is 16.6. The highest BCUT2D eigenvalue weighted by atomic mass is 32.1. The van der Waals surface area contributed by atoms with Gasteiger partial charge < -0.3 is 24.8 Å². The number of aromatic nitrogens is 4. The molecule has 0 radical (unpaired) electrons. The number of benzene rings is 2. The summed E-state index contributed by atoms with van der Waals surface area (Å²) in [5.41, 5.74) is 6.81. The van der Waals surface area contributed by atoms with Crippen molar-refractivity contribution in [1.29, 1.82) is 0 Å². The maximum atomic E-state index is 14.0. The number of nitrogens with one attached hydrogen (secondary N) is 2. The molecule has 1 spiro atoms. The molecule has 4 aromatic heterocycles. The van der Waals surface area contributed by atoms with Crippen LogP contribution in [-0.2, 0) is 11.2 Å². The Morgan fingerprint density at radius 2 is 1.80 bits per heavy atom. The van der Waals surface area contributed by atoms with Gasteiger partial charge in [0, 0.05) is 72.3 Å². The van der Waals surface area contributed by atoms with Gasteiger partial charge in [-0.15, -0.1) is 11.3 Å². The number of thiophene rings is 1. The number of ether oxygens (including phenoxy) is 1. The molecule has 3 aliphatic rings. The summed E-state index contributed by atoms with van der Waals surface area (Å²) in [6, 6.07) is 22.9. The summed E-state index contributed by atoms with van der Waals surface area (Å²) >= 11 is 1.68. The Kier molecular flexibility index (Phi) is 7.24. The molecule has 0 bridgehead atoms. The summed E-state index contributed by atoms with van der Waals surface area (Å²) in [6.45, 7) is 3.87. The predicted molar refractivity (Wildman–Crippen MR) is 191 cm³/mol. The van der Waals surface area contributed by atoms with Gasteiger partial charge in [0.15, 0.2) is 0 Å². The molecule has 3 aliphatic heterocycles. The van der Waals surface area contributed by atoms with Gasteiger partial charge in [-0.2, -0.15) is 0 Å². The number of hydrogen-bond donors (Lipinski definition) is 2. The van der Waals surface area contributed by atoms with Crippen molar-refractivity contribution in [3.8, 4) is 21.1 Å². The largest absolute Gasteiger partial charge is 0.381 e. The van der Waals surface area contributed by atoms with Crippen LogP contribution in [0, 0.1) is 5.41 Å². The normalized spacial score (nSPS) is 16.5. The van der Waals surface area contributed by atoms with Crippen LogP contribution in [0.2, 0.25) is 0 Å². The second-order valence-electron chi connectivity index (χ2n) is 13.0. The lowest BCUT2D eigenvalue weighted by molar-refractivity contribution is -0.000509. The minimum atomic E-state index is -0.226. The highest BCUT2D eigenvalue weighted by Gasteiger charge is 2.45. The smallest absolute Gasteiger partial charge is 0.259 e. The summed E-state index contributed by atoms with van der Waals surface area (Å²) < 4.78 is 5.56. The molecule has 2 aromatic carbocycles. The molecule has 0 unspecified atom stereocenters. The Hall–Kier alpha value is -5.39. The van der Waals surface area contributed by atoms with E-state index >= 15 is 0 Å². The fourth-order valence-corrected chi connectivity index (χ4v) is 8.49. The van der Waals surface area contributed by atoms with Gasteiger partial charge in [0.05, 0.1) is 33.4 Å². The molecule has 10 nitrogen and oxygen atoms in total. The molecule has 2 N–H and O–H groups in total. The molecule has 244 valence electrons. The van der Waals surface area contributed by atoms with Crippen LogP contribution in [0.15, 0.2) is 91.4 Å². The molecule has 0 saturated carbocycles. The quantitative estimate of drug-likeness (QED) is 0.207. The number of carbonyl (C=O) groups excluding carboxylic acids is 2. The van der Waals surface area contributed by atoms with Gasteiger partial charge in [-0.3, -0.25) is 14.6 Å². The van der Waals surface area contributed by atoms with Gasteiger partial charge in [-0.1, -0.05) is 12.1 Å². The van der Waals surface area contributed by atoms with E-state index in [0.717, 1.165) is 77.0 Å². The molecule has 49 heavy (non-hydrogen) atoms. The molecule has 0 atom stereocenters. The lowest BCUT2D eigenvalue weighted by Gasteiger charge is -2.53. The fraction of sp³-hybridized carbons (Fsp3) is 0.237. The third kappa shape index (κ3) is 5.35. The highest BCUT2D eigenvalue weighted by Crippen LogP contribution is 2.44. The van der Waals surface area contributed by atoms with E-state index in [1.54, 1.807) is 60.3 Å². The molecule has 0 aliphatic carbocycles. The number of pyridine rings is 2. The summed E-state index contributed by atoms with van der Waals surface area (Å²) in [5.74, 6) is 1.21. The van der Waals surface area contributed by atoms with Gasteiger partial charge in [0.2, 0.25) is 0 Å². The SMILES string of the molecule is O=C(Nc1ccc(C(=O)N2CCc3cc(-c4nc5ccccc5[nH]4)sc3-c3ccncc32)cc1)c1cccnc1N1CC2(CCOCC2)C1. The number of imidazole rings is 1. The standard InChI is InChI=1S/C38H33N7O3S/c46-36(28-4-3-15-40-35(28)44-22-38(23-44)13-18-48-19-14-38)41-26-9-7-24(8-10-26)37(47)45-17-12-25-20-32(34-42-29-5-1-2-6-30(29)43-34)49-33(25)27-11-16-39-21-31(27)45/h1-11,15-16,20-21H,12-14,17-19,22-23H2,(H,41,46)(H,42,43). The summed E-state index contributed by atoms with van der Waals surface area (Å²) in [5, 5.41) is 3.01. The Bertz CT molecular complexity index is 2180. The van der Waals surface area contributed by atoms with Crippen LogP contribution < -0.4 is 15.1 Å². The number of para-hydroxylation sites is 2. The van der Waals surface area contributed by atoms with E-state index in [4.69, 9.17) is 9.72 Å². The first kappa shape index (κ1) is 29.7. The minimum absolute atomic E-state index is 0.117. The molecule has 2 amide bonds. The minimum Gasteiger partial charge on any atom is -0.381 e. The molecule has 9 rings (SSSR count). The van der Waals surface area contributed by atoms with E-state index in [0.29, 0.717) is 35.6 Å². The second-order valence-corrected chi connectivity index (χ2v) is 14.1. The van der Waals surface area contributed by atoms with Gasteiger partial charge in [0.25, 0.3) is 11.8 Å². The predicted octanol–water partition coefficient (Wildman–Crippen LogP) is 6.82. The third-order valence-electron chi connectivity index (χ3n) is 9.94. The lowest BCUT2D eigenvalue weighted by atomic mass is 9.73. The van der Waals surface area contributed by atoms with Gasteiger partial charge in [-0.25, -0.2) is 9.97 Å². The van der Waals surface area contributed by atoms with Crippen molar-refractivity contribution in [1.82, 2.24) is 19.9 Å². The first-order chi connectivity index (χ1) is 24.0. The monoisotopic (exact) mass is 667 g/mol.